The Bertz CT molecular complexity index is 2130. The average molecular weight is 830 g/mol. The van der Waals surface area contributed by atoms with E-state index in [1.807, 2.05) is 0 Å². The molecule has 2 aromatic heterocycles. The van der Waals surface area contributed by atoms with E-state index in [4.69, 9.17) is 39.5 Å². The van der Waals surface area contributed by atoms with Crippen molar-refractivity contribution in [1.82, 2.24) is 35.3 Å². The van der Waals surface area contributed by atoms with Gasteiger partial charge in [0, 0.05) is 23.4 Å². The molecule has 2 fully saturated rings. The Balaban J connectivity index is 1.50. The first-order valence-electron chi connectivity index (χ1n) is 16.6. The molecule has 2 aliphatic rings. The fraction of sp³-hybridized carbons (Fsp3) is 0.371. The molecule has 1 aliphatic heterocycles. The number of aromatic amines is 1. The highest BCUT2D eigenvalue weighted by Crippen LogP contribution is 2.44. The number of alkyl carbamates (subject to hydrolysis) is 1. The number of halogens is 8. The maximum absolute atomic E-state index is 15.2. The van der Waals surface area contributed by atoms with Crippen molar-refractivity contribution in [2.24, 2.45) is 10.4 Å². The molecule has 292 valence electrons. The molecule has 55 heavy (non-hydrogen) atoms. The summed E-state index contributed by atoms with van der Waals surface area (Å²) >= 11 is 18.7. The maximum atomic E-state index is 15.2. The van der Waals surface area contributed by atoms with Crippen LogP contribution in [-0.2, 0) is 19.9 Å². The maximum Gasteiger partial charge on any atom is 0.473 e. The van der Waals surface area contributed by atoms with Gasteiger partial charge in [0.05, 0.1) is 17.3 Å². The number of rotatable bonds is 10. The number of H-pyrrole nitrogens is 1. The first-order valence-corrected chi connectivity index (χ1v) is 17.8. The van der Waals surface area contributed by atoms with Crippen molar-refractivity contribution >= 4 is 58.7 Å². The summed E-state index contributed by atoms with van der Waals surface area (Å²) in [6.45, 7) is 1.89. The van der Waals surface area contributed by atoms with Crippen LogP contribution in [0.1, 0.15) is 63.8 Å². The average Bonchev–Trinajstić information content (AvgIpc) is 3.53. The second-order valence-corrected chi connectivity index (χ2v) is 15.4. The third-order valence-corrected chi connectivity index (χ3v) is 9.70. The van der Waals surface area contributed by atoms with Gasteiger partial charge >= 0.3 is 24.7 Å². The Kier molecular flexibility index (Phi) is 10.9. The Morgan fingerprint density at radius 2 is 1.76 bits per heavy atom. The minimum Gasteiger partial charge on any atom is -0.447 e. The molecular weight excluding hydrogens is 798 g/mol. The summed E-state index contributed by atoms with van der Waals surface area (Å²) in [5.41, 5.74) is -1.13. The van der Waals surface area contributed by atoms with Crippen LogP contribution in [0.5, 0.6) is 0 Å². The molecule has 6 rings (SSSR count). The van der Waals surface area contributed by atoms with Crippen molar-refractivity contribution in [1.29, 1.82) is 0 Å². The number of ether oxygens (including phenoxy) is 1. The van der Waals surface area contributed by atoms with Gasteiger partial charge in [-0.2, -0.15) is 32.0 Å². The lowest BCUT2D eigenvalue weighted by atomic mass is 9.75. The van der Waals surface area contributed by atoms with E-state index in [0.29, 0.717) is 15.8 Å². The number of aromatic nitrogens is 4. The van der Waals surface area contributed by atoms with Gasteiger partial charge in [-0.05, 0) is 53.5 Å². The molecule has 4 aromatic rings. The van der Waals surface area contributed by atoms with E-state index < -0.39 is 60.2 Å². The Hall–Kier alpha value is -4.74. The van der Waals surface area contributed by atoms with E-state index >= 15 is 4.79 Å². The normalized spacial score (nSPS) is 18.9. The van der Waals surface area contributed by atoms with E-state index in [1.54, 1.807) is 20.8 Å². The van der Waals surface area contributed by atoms with Gasteiger partial charge in [0.15, 0.2) is 5.15 Å². The number of imidazole rings is 1. The molecule has 3 N–H and O–H groups in total. The molecule has 3 heterocycles. The summed E-state index contributed by atoms with van der Waals surface area (Å²) in [6.07, 6.45) is -2.51. The topological polar surface area (TPSA) is 147 Å². The van der Waals surface area contributed by atoms with Crippen LogP contribution in [0.15, 0.2) is 59.9 Å². The lowest BCUT2D eigenvalue weighted by Crippen LogP contribution is -2.47. The van der Waals surface area contributed by atoms with Crippen molar-refractivity contribution in [2.45, 2.75) is 70.4 Å². The molecule has 12 nitrogen and oxygen atoms in total. The molecule has 3 amide bonds. The van der Waals surface area contributed by atoms with Crippen LogP contribution in [0.3, 0.4) is 0 Å². The fourth-order valence-corrected chi connectivity index (χ4v) is 6.66. The number of amides is 3. The predicted octanol–water partition coefficient (Wildman–Crippen LogP) is 8.43. The lowest BCUT2D eigenvalue weighted by molar-refractivity contribution is -0.169. The molecule has 0 bridgehead atoms. The van der Waals surface area contributed by atoms with E-state index in [0.717, 1.165) is 23.9 Å². The lowest BCUT2D eigenvalue weighted by Gasteiger charge is -2.35. The van der Waals surface area contributed by atoms with Crippen molar-refractivity contribution in [3.63, 3.8) is 0 Å². The molecule has 20 heteroatoms. The Morgan fingerprint density at radius 1 is 1.07 bits per heavy atom. The number of carbonyl (C=O) groups is 3. The quantitative estimate of drug-likeness (QED) is 0.136. The van der Waals surface area contributed by atoms with Gasteiger partial charge in [-0.1, -0.05) is 85.9 Å². The summed E-state index contributed by atoms with van der Waals surface area (Å²) in [7, 11) is 0. The van der Waals surface area contributed by atoms with E-state index in [1.165, 1.54) is 48.7 Å². The Labute approximate surface area is 325 Å². The minimum absolute atomic E-state index is 0.00499. The standard InChI is InChI=1S/C35H32Cl3F5N8O4/c1-33(2,3)16-34(20-7-4-17(5-8-20)19-13-44-50(14-19)30(39)40)29(53)51(31(49-34)48-28(52)35(41,42)43)24(15-55-32(54)45-21-9-10-21)18-6-11-23(36)22(12-18)27-46-25(37)26(38)47-27/h4-8,11-14,21,24,30H,9-10,15-16H2,1-3H3,(H,45,54)(H,46,47)(H,48,49,52). The molecule has 0 radical (unpaired) electrons. The minimum atomic E-state index is -5.43. The number of alkyl halides is 5. The number of guanidine groups is 1. The van der Waals surface area contributed by atoms with Crippen LogP contribution in [0.25, 0.3) is 22.5 Å². The third-order valence-electron chi connectivity index (χ3n) is 8.73. The first-order chi connectivity index (χ1) is 25.8. The van der Waals surface area contributed by atoms with Gasteiger partial charge in [0.25, 0.3) is 5.91 Å². The highest BCUT2D eigenvalue weighted by Gasteiger charge is 2.56. The molecule has 0 spiro atoms. The summed E-state index contributed by atoms with van der Waals surface area (Å²) in [4.78, 5) is 51.7. The van der Waals surface area contributed by atoms with Gasteiger partial charge in [0.2, 0.25) is 5.96 Å². The zero-order valence-corrected chi connectivity index (χ0v) is 31.4. The molecule has 2 atom stereocenters. The molecule has 2 aromatic carbocycles. The van der Waals surface area contributed by atoms with Crippen LogP contribution in [-0.4, -0.2) is 67.3 Å². The molecule has 1 aliphatic carbocycles. The van der Waals surface area contributed by atoms with Gasteiger partial charge < -0.3 is 20.4 Å². The number of hydrogen-bond donors (Lipinski definition) is 3. The van der Waals surface area contributed by atoms with Gasteiger partial charge in [-0.3, -0.25) is 14.5 Å². The SMILES string of the molecule is CC(C)(C)CC1(c2ccc(-c3cnn(C(F)F)c3)cc2)NC(=NC(=O)C(F)(F)F)N(C(COC(=O)NC2CC2)c2ccc(Cl)c(-c3nc(Cl)c(Cl)[nH]3)c2)C1=O. The van der Waals surface area contributed by atoms with Crippen LogP contribution >= 0.6 is 34.8 Å². The van der Waals surface area contributed by atoms with Crippen LogP contribution < -0.4 is 10.6 Å². The zero-order valence-electron chi connectivity index (χ0n) is 29.1. The van der Waals surface area contributed by atoms with Crippen LogP contribution in [0.4, 0.5) is 26.7 Å². The van der Waals surface area contributed by atoms with E-state index in [9.17, 15) is 31.5 Å². The van der Waals surface area contributed by atoms with E-state index in [-0.39, 0.29) is 50.3 Å². The number of aliphatic imine (C=N–C) groups is 1. The van der Waals surface area contributed by atoms with Crippen LogP contribution in [0.2, 0.25) is 15.3 Å². The van der Waals surface area contributed by atoms with Crippen molar-refractivity contribution < 1.29 is 41.1 Å². The largest absolute Gasteiger partial charge is 0.473 e. The molecule has 1 saturated heterocycles. The van der Waals surface area contributed by atoms with Crippen molar-refractivity contribution in [2.75, 3.05) is 6.61 Å². The van der Waals surface area contributed by atoms with Gasteiger partial charge in [-0.25, -0.2) is 14.5 Å². The van der Waals surface area contributed by atoms with Gasteiger partial charge in [0.1, 0.15) is 23.1 Å². The van der Waals surface area contributed by atoms with Crippen molar-refractivity contribution in [3.05, 3.63) is 81.3 Å². The third kappa shape index (κ3) is 8.73. The summed E-state index contributed by atoms with van der Waals surface area (Å²) < 4.78 is 74.0. The Morgan fingerprint density at radius 3 is 2.33 bits per heavy atom. The number of nitrogens with one attached hydrogen (secondary N) is 3. The zero-order chi connectivity index (χ0) is 40.0. The number of benzene rings is 2. The van der Waals surface area contributed by atoms with Crippen molar-refractivity contribution in [3.8, 4) is 22.5 Å². The highest BCUT2D eigenvalue weighted by atomic mass is 35.5. The summed E-state index contributed by atoms with van der Waals surface area (Å²) in [6, 6.07) is 8.90. The number of nitrogens with zero attached hydrogens (tertiary/aromatic N) is 5. The van der Waals surface area contributed by atoms with E-state index in [2.05, 4.69) is 30.7 Å². The highest BCUT2D eigenvalue weighted by molar-refractivity contribution is 6.40. The summed E-state index contributed by atoms with van der Waals surface area (Å²) in [5.74, 6) is -4.00. The fourth-order valence-electron chi connectivity index (χ4n) is 6.19. The summed E-state index contributed by atoms with van der Waals surface area (Å²) in [5, 5.41) is 9.23. The molecular formula is C35H32Cl3F5N8O4. The van der Waals surface area contributed by atoms with Crippen LogP contribution in [0, 0.1) is 5.41 Å². The molecule has 1 saturated carbocycles. The van der Waals surface area contributed by atoms with Gasteiger partial charge in [-0.15, -0.1) is 0 Å². The first kappa shape index (κ1) is 39.9. The second-order valence-electron chi connectivity index (χ2n) is 14.2. The number of carbonyl (C=O) groups excluding carboxylic acids is 3. The monoisotopic (exact) mass is 828 g/mol. The second kappa shape index (κ2) is 15.1. The predicted molar refractivity (Wildman–Crippen MR) is 192 cm³/mol. The smallest absolute Gasteiger partial charge is 0.447 e. The number of hydrogen-bond acceptors (Lipinski definition) is 6. The molecule has 2 unspecified atom stereocenters.